The molecule has 0 bridgehead atoms. The average Bonchev–Trinajstić information content (AvgIpc) is 2.92. The van der Waals surface area contributed by atoms with Gasteiger partial charge in [-0.25, -0.2) is 4.79 Å². The molecule has 92 valence electrons. The highest BCUT2D eigenvalue weighted by Crippen LogP contribution is 2.26. The van der Waals surface area contributed by atoms with Crippen LogP contribution in [0.2, 0.25) is 0 Å². The Labute approximate surface area is 120 Å². The molecule has 4 N–H and O–H groups in total. The molecule has 0 amide bonds. The van der Waals surface area contributed by atoms with Gasteiger partial charge in [0.05, 0.1) is 20.0 Å². The van der Waals surface area contributed by atoms with Gasteiger partial charge in [0.15, 0.2) is 0 Å². The van der Waals surface area contributed by atoms with Crippen LogP contribution in [0, 0.1) is 2.88 Å². The summed E-state index contributed by atoms with van der Waals surface area (Å²) >= 11 is 3.96. The molecule has 1 atom stereocenters. The minimum atomic E-state index is -0.194. The van der Waals surface area contributed by atoms with Gasteiger partial charge in [-0.1, -0.05) is 6.07 Å². The van der Waals surface area contributed by atoms with Crippen molar-refractivity contribution in [2.75, 3.05) is 0 Å². The number of halogens is 1. The third kappa shape index (κ3) is 2.11. The molecular weight excluding hydrogens is 361 g/mol. The van der Waals surface area contributed by atoms with E-state index < -0.39 is 0 Å². The van der Waals surface area contributed by atoms with Crippen LogP contribution in [0.15, 0.2) is 34.4 Å². The second-order valence-corrected chi connectivity index (χ2v) is 6.85. The van der Waals surface area contributed by atoms with Gasteiger partial charge in [0, 0.05) is 0 Å². The van der Waals surface area contributed by atoms with Crippen LogP contribution in [-0.2, 0) is 0 Å². The number of aromatic amines is 2. The zero-order valence-electron chi connectivity index (χ0n) is 9.24. The third-order valence-corrected chi connectivity index (χ3v) is 4.65. The van der Waals surface area contributed by atoms with E-state index in [0.29, 0.717) is 0 Å². The molecule has 1 aromatic carbocycles. The van der Waals surface area contributed by atoms with E-state index in [1.54, 1.807) is 11.3 Å². The van der Waals surface area contributed by atoms with Crippen molar-refractivity contribution in [1.29, 1.82) is 0 Å². The van der Waals surface area contributed by atoms with E-state index in [1.807, 2.05) is 18.2 Å². The first-order valence-corrected chi connectivity index (χ1v) is 7.31. The number of benzene rings is 1. The summed E-state index contributed by atoms with van der Waals surface area (Å²) in [5.41, 5.74) is 9.72. The van der Waals surface area contributed by atoms with Gasteiger partial charge in [-0.2, -0.15) is 0 Å². The van der Waals surface area contributed by atoms with Crippen LogP contribution < -0.4 is 11.4 Å². The Morgan fingerprint density at radius 3 is 2.67 bits per heavy atom. The Morgan fingerprint density at radius 1 is 1.17 bits per heavy atom. The van der Waals surface area contributed by atoms with Crippen LogP contribution in [0.1, 0.15) is 17.2 Å². The van der Waals surface area contributed by atoms with Crippen LogP contribution in [-0.4, -0.2) is 9.97 Å². The molecule has 0 spiro atoms. The third-order valence-electron chi connectivity index (χ3n) is 2.85. The summed E-state index contributed by atoms with van der Waals surface area (Å²) in [6, 6.07) is 7.66. The largest absolute Gasteiger partial charge is 0.323 e. The van der Waals surface area contributed by atoms with E-state index in [9.17, 15) is 4.79 Å². The van der Waals surface area contributed by atoms with Gasteiger partial charge in [0.2, 0.25) is 0 Å². The van der Waals surface area contributed by atoms with E-state index in [2.05, 4.69) is 44.0 Å². The monoisotopic (exact) mass is 371 g/mol. The first kappa shape index (κ1) is 11.9. The summed E-state index contributed by atoms with van der Waals surface area (Å²) in [4.78, 5) is 16.7. The molecule has 1 unspecified atom stereocenters. The maximum absolute atomic E-state index is 11.2. The Balaban J connectivity index is 2.05. The molecule has 0 radical (unpaired) electrons. The van der Waals surface area contributed by atoms with Crippen molar-refractivity contribution in [3.63, 3.8) is 0 Å². The number of hydrogen-bond acceptors (Lipinski definition) is 3. The molecule has 0 aliphatic carbocycles. The van der Waals surface area contributed by atoms with Crippen LogP contribution in [0.25, 0.3) is 11.0 Å². The molecule has 4 nitrogen and oxygen atoms in total. The second kappa shape index (κ2) is 4.52. The van der Waals surface area contributed by atoms with Gasteiger partial charge in [-0.05, 0) is 57.3 Å². The summed E-state index contributed by atoms with van der Waals surface area (Å²) in [6.07, 6.45) is 0. The molecule has 2 aromatic heterocycles. The number of nitrogens with one attached hydrogen (secondary N) is 2. The van der Waals surface area contributed by atoms with Crippen molar-refractivity contribution in [1.82, 2.24) is 9.97 Å². The van der Waals surface area contributed by atoms with Gasteiger partial charge >= 0.3 is 5.69 Å². The molecule has 3 aromatic rings. The second-order valence-electron chi connectivity index (χ2n) is 4.05. The van der Waals surface area contributed by atoms with Gasteiger partial charge in [0.25, 0.3) is 0 Å². The van der Waals surface area contributed by atoms with Crippen LogP contribution in [0.3, 0.4) is 0 Å². The summed E-state index contributed by atoms with van der Waals surface area (Å²) in [6.45, 7) is 0. The zero-order chi connectivity index (χ0) is 12.7. The molecule has 2 heterocycles. The van der Waals surface area contributed by atoms with Crippen molar-refractivity contribution < 1.29 is 0 Å². The van der Waals surface area contributed by atoms with E-state index in [0.717, 1.165) is 22.2 Å². The lowest BCUT2D eigenvalue weighted by atomic mass is 10.0. The lowest BCUT2D eigenvalue weighted by Crippen LogP contribution is -2.10. The molecule has 18 heavy (non-hydrogen) atoms. The summed E-state index contributed by atoms with van der Waals surface area (Å²) in [5, 5.41) is 2.07. The Morgan fingerprint density at radius 2 is 1.94 bits per heavy atom. The Hall–Kier alpha value is -1.12. The highest BCUT2D eigenvalue weighted by atomic mass is 127. The van der Waals surface area contributed by atoms with Crippen LogP contribution in [0.4, 0.5) is 0 Å². The maximum atomic E-state index is 11.2. The topological polar surface area (TPSA) is 74.7 Å². The number of hydrogen-bond donors (Lipinski definition) is 3. The van der Waals surface area contributed by atoms with E-state index in [4.69, 9.17) is 5.73 Å². The minimum Gasteiger partial charge on any atom is -0.320 e. The number of aromatic nitrogens is 2. The number of H-pyrrole nitrogens is 2. The van der Waals surface area contributed by atoms with Crippen molar-refractivity contribution in [3.05, 3.63) is 54.1 Å². The Kier molecular flexibility index (Phi) is 3.00. The van der Waals surface area contributed by atoms with Gasteiger partial charge in [0.1, 0.15) is 0 Å². The highest BCUT2D eigenvalue weighted by Gasteiger charge is 2.11. The molecule has 3 rings (SSSR count). The average molecular weight is 371 g/mol. The van der Waals surface area contributed by atoms with Gasteiger partial charge in [-0.3, -0.25) is 0 Å². The van der Waals surface area contributed by atoms with Crippen LogP contribution in [0.5, 0.6) is 0 Å². The molecular formula is C12H10IN3OS. The number of imidazole rings is 1. The number of nitrogens with two attached hydrogens (primary N) is 1. The quantitative estimate of drug-likeness (QED) is 0.606. The number of fused-ring (bicyclic) bond motifs is 1. The standard InChI is InChI=1S/C12H10IN3OS/c13-10-4-7(5-18-10)11(14)6-1-2-8-9(3-6)16-12(17)15-8/h1-5,11H,14H2,(H2,15,16,17). The normalized spacial score (nSPS) is 13.0. The zero-order valence-corrected chi connectivity index (χ0v) is 12.2. The Bertz CT molecular complexity index is 758. The predicted octanol–water partition coefficient (Wildman–Crippen LogP) is 2.57. The molecule has 0 saturated heterocycles. The van der Waals surface area contributed by atoms with Crippen molar-refractivity contribution >= 4 is 45.0 Å². The van der Waals surface area contributed by atoms with Gasteiger partial charge < -0.3 is 15.7 Å². The van der Waals surface area contributed by atoms with Gasteiger partial charge in [-0.15, -0.1) is 11.3 Å². The molecule has 6 heteroatoms. The smallest absolute Gasteiger partial charge is 0.320 e. The molecule has 0 saturated carbocycles. The fourth-order valence-electron chi connectivity index (χ4n) is 1.92. The number of thiophene rings is 1. The van der Waals surface area contributed by atoms with E-state index >= 15 is 0 Å². The molecule has 0 fully saturated rings. The van der Waals surface area contributed by atoms with E-state index in [-0.39, 0.29) is 11.7 Å². The molecule has 0 aliphatic rings. The highest BCUT2D eigenvalue weighted by molar-refractivity contribution is 14.1. The van der Waals surface area contributed by atoms with Crippen molar-refractivity contribution in [2.24, 2.45) is 5.73 Å². The lowest BCUT2D eigenvalue weighted by Gasteiger charge is -2.10. The fraction of sp³-hybridized carbons (Fsp3) is 0.0833. The summed E-state index contributed by atoms with van der Waals surface area (Å²) in [5.74, 6) is 0. The SMILES string of the molecule is NC(c1csc(I)c1)c1ccc2[nH]c(=O)[nH]c2c1. The predicted molar refractivity (Wildman–Crippen MR) is 82.0 cm³/mol. The lowest BCUT2D eigenvalue weighted by molar-refractivity contribution is 0.878. The summed E-state index contributed by atoms with van der Waals surface area (Å²) < 4.78 is 1.22. The van der Waals surface area contributed by atoms with Crippen molar-refractivity contribution in [3.8, 4) is 0 Å². The first-order valence-electron chi connectivity index (χ1n) is 5.35. The first-order chi connectivity index (χ1) is 8.63. The fourth-order valence-corrected chi connectivity index (χ4v) is 3.33. The summed E-state index contributed by atoms with van der Waals surface area (Å²) in [7, 11) is 0. The van der Waals surface area contributed by atoms with Crippen LogP contribution >= 0.6 is 33.9 Å². The molecule has 0 aliphatic heterocycles. The maximum Gasteiger partial charge on any atom is 0.323 e. The number of rotatable bonds is 2. The van der Waals surface area contributed by atoms with E-state index in [1.165, 1.54) is 2.88 Å². The van der Waals surface area contributed by atoms with Crippen molar-refractivity contribution in [2.45, 2.75) is 6.04 Å². The minimum absolute atomic E-state index is 0.160.